The average Bonchev–Trinajstić information content (AvgIpc) is 2.74. The number of nitrogens with zero attached hydrogens (tertiary/aromatic N) is 3. The van der Waals surface area contributed by atoms with E-state index in [-0.39, 0.29) is 0 Å². The molecule has 3 rings (SSSR count). The van der Waals surface area contributed by atoms with Crippen LogP contribution in [0.15, 0.2) is 48.7 Å². The zero-order valence-electron chi connectivity index (χ0n) is 15.6. The molecule has 0 radical (unpaired) electrons. The summed E-state index contributed by atoms with van der Waals surface area (Å²) in [7, 11) is 4.49. The number of benzene rings is 2. The van der Waals surface area contributed by atoms with Gasteiger partial charge in [0.05, 0.1) is 33.1 Å². The van der Waals surface area contributed by atoms with Gasteiger partial charge in [0, 0.05) is 17.4 Å². The summed E-state index contributed by atoms with van der Waals surface area (Å²) >= 11 is 0. The monoisotopic (exact) mass is 381 g/mol. The van der Waals surface area contributed by atoms with E-state index in [1.54, 1.807) is 50.6 Å². The highest BCUT2D eigenvalue weighted by Gasteiger charge is 2.08. The van der Waals surface area contributed by atoms with Crippen LogP contribution in [0.25, 0.3) is 0 Å². The van der Waals surface area contributed by atoms with Crippen molar-refractivity contribution in [2.45, 2.75) is 0 Å². The summed E-state index contributed by atoms with van der Waals surface area (Å²) in [4.78, 5) is 15.9. The molecular weight excluding hydrogens is 362 g/mol. The number of hydrogen-bond donors (Lipinski definition) is 2. The third kappa shape index (κ3) is 4.44. The summed E-state index contributed by atoms with van der Waals surface area (Å²) in [5, 5.41) is 14.1. The van der Waals surface area contributed by atoms with Crippen LogP contribution in [0.1, 0.15) is 10.4 Å². The van der Waals surface area contributed by atoms with Crippen molar-refractivity contribution in [3.05, 3.63) is 54.2 Å². The third-order valence-corrected chi connectivity index (χ3v) is 3.78. The topological polar surface area (TPSA) is 107 Å². The van der Waals surface area contributed by atoms with E-state index in [1.807, 2.05) is 6.07 Å². The lowest BCUT2D eigenvalue weighted by Gasteiger charge is -2.11. The number of methoxy groups -OCH3 is 3. The molecule has 3 aromatic rings. The van der Waals surface area contributed by atoms with E-state index in [0.717, 1.165) is 5.69 Å². The maximum absolute atomic E-state index is 11.5. The molecule has 28 heavy (non-hydrogen) atoms. The summed E-state index contributed by atoms with van der Waals surface area (Å²) in [6.45, 7) is 0. The Labute approximate surface area is 161 Å². The number of ether oxygens (including phenoxy) is 3. The van der Waals surface area contributed by atoms with Crippen LogP contribution >= 0.6 is 0 Å². The molecule has 1 aromatic heterocycles. The fourth-order valence-corrected chi connectivity index (χ4v) is 2.42. The SMILES string of the molecule is COC(=O)c1ccc(Nc2nncc(Nc3ccc(OC)c(OC)c3)n2)cc1. The highest BCUT2D eigenvalue weighted by Crippen LogP contribution is 2.30. The van der Waals surface area contributed by atoms with Gasteiger partial charge in [-0.1, -0.05) is 0 Å². The zero-order valence-corrected chi connectivity index (χ0v) is 15.6. The molecule has 2 aromatic carbocycles. The number of carbonyl (C=O) groups is 1. The van der Waals surface area contributed by atoms with Crippen molar-refractivity contribution in [3.63, 3.8) is 0 Å². The van der Waals surface area contributed by atoms with Crippen molar-refractivity contribution in [1.29, 1.82) is 0 Å². The summed E-state index contributed by atoms with van der Waals surface area (Å²) in [5.41, 5.74) is 1.92. The van der Waals surface area contributed by atoms with Crippen LogP contribution in [-0.2, 0) is 4.74 Å². The molecule has 0 fully saturated rings. The second-order valence-electron chi connectivity index (χ2n) is 5.55. The molecular formula is C19H19N5O4. The summed E-state index contributed by atoms with van der Waals surface area (Å²) in [6, 6.07) is 12.2. The lowest BCUT2D eigenvalue weighted by Crippen LogP contribution is -2.04. The van der Waals surface area contributed by atoms with E-state index in [4.69, 9.17) is 9.47 Å². The molecule has 1 heterocycles. The zero-order chi connectivity index (χ0) is 19.9. The molecule has 9 heteroatoms. The van der Waals surface area contributed by atoms with Crippen molar-refractivity contribution >= 4 is 29.1 Å². The predicted octanol–water partition coefficient (Wildman–Crippen LogP) is 3.16. The van der Waals surface area contributed by atoms with Gasteiger partial charge in [0.25, 0.3) is 0 Å². The van der Waals surface area contributed by atoms with Gasteiger partial charge < -0.3 is 24.8 Å². The minimum absolute atomic E-state index is 0.302. The predicted molar refractivity (Wildman–Crippen MR) is 104 cm³/mol. The van der Waals surface area contributed by atoms with Crippen LogP contribution in [0, 0.1) is 0 Å². The number of carbonyl (C=O) groups excluding carboxylic acids is 1. The third-order valence-electron chi connectivity index (χ3n) is 3.78. The minimum atomic E-state index is -0.398. The molecule has 2 N–H and O–H groups in total. The van der Waals surface area contributed by atoms with Gasteiger partial charge in [0.1, 0.15) is 0 Å². The molecule has 0 bridgehead atoms. The molecule has 0 aliphatic carbocycles. The Balaban J connectivity index is 1.73. The molecule has 0 saturated heterocycles. The second kappa shape index (κ2) is 8.67. The molecule has 9 nitrogen and oxygen atoms in total. The molecule has 0 amide bonds. The van der Waals surface area contributed by atoms with Crippen molar-refractivity contribution in [3.8, 4) is 11.5 Å². The van der Waals surface area contributed by atoms with E-state index >= 15 is 0 Å². The largest absolute Gasteiger partial charge is 0.493 e. The van der Waals surface area contributed by atoms with Gasteiger partial charge in [-0.15, -0.1) is 5.10 Å². The molecule has 0 aliphatic heterocycles. The van der Waals surface area contributed by atoms with E-state index in [2.05, 4.69) is 30.6 Å². The quantitative estimate of drug-likeness (QED) is 0.597. The fraction of sp³-hybridized carbons (Fsp3) is 0.158. The maximum atomic E-state index is 11.5. The molecule has 0 unspecified atom stereocenters. The first-order chi connectivity index (χ1) is 13.6. The highest BCUT2D eigenvalue weighted by molar-refractivity contribution is 5.89. The van der Waals surface area contributed by atoms with Crippen LogP contribution in [0.2, 0.25) is 0 Å². The number of aromatic nitrogens is 3. The lowest BCUT2D eigenvalue weighted by molar-refractivity contribution is 0.0601. The van der Waals surface area contributed by atoms with Crippen molar-refractivity contribution in [2.75, 3.05) is 32.0 Å². The van der Waals surface area contributed by atoms with E-state index in [9.17, 15) is 4.79 Å². The smallest absolute Gasteiger partial charge is 0.337 e. The van der Waals surface area contributed by atoms with Gasteiger partial charge >= 0.3 is 5.97 Å². The normalized spacial score (nSPS) is 10.1. The molecule has 0 spiro atoms. The Bertz CT molecular complexity index is 963. The second-order valence-corrected chi connectivity index (χ2v) is 5.55. The maximum Gasteiger partial charge on any atom is 0.337 e. The Morgan fingerprint density at radius 1 is 0.893 bits per heavy atom. The summed E-state index contributed by atoms with van der Waals surface area (Å²) in [5.74, 6) is 1.63. The Kier molecular flexibility index (Phi) is 5.85. The van der Waals surface area contributed by atoms with E-state index in [0.29, 0.717) is 34.5 Å². The number of anilines is 4. The van der Waals surface area contributed by atoms with Crippen molar-refractivity contribution in [1.82, 2.24) is 15.2 Å². The number of nitrogens with one attached hydrogen (secondary N) is 2. The van der Waals surface area contributed by atoms with Crippen molar-refractivity contribution in [2.24, 2.45) is 0 Å². The van der Waals surface area contributed by atoms with E-state index < -0.39 is 5.97 Å². The standard InChI is InChI=1S/C19H19N5O4/c1-26-15-9-8-14(10-16(15)27-2)21-17-11-20-24-19(23-17)22-13-6-4-12(5-7-13)18(25)28-3/h4-11H,1-3H3,(H2,21,22,23,24). The van der Waals surface area contributed by atoms with E-state index in [1.165, 1.54) is 13.3 Å². The average molecular weight is 381 g/mol. The van der Waals surface area contributed by atoms with Crippen LogP contribution in [-0.4, -0.2) is 42.5 Å². The van der Waals surface area contributed by atoms with Crippen LogP contribution < -0.4 is 20.1 Å². The molecule has 0 atom stereocenters. The van der Waals surface area contributed by atoms with Gasteiger partial charge in [-0.05, 0) is 36.4 Å². The van der Waals surface area contributed by atoms with Gasteiger partial charge in [-0.2, -0.15) is 10.1 Å². The number of esters is 1. The molecule has 0 aliphatic rings. The first-order valence-corrected chi connectivity index (χ1v) is 8.27. The van der Waals surface area contributed by atoms with Gasteiger partial charge in [0.2, 0.25) is 5.95 Å². The Hall–Kier alpha value is -3.88. The Morgan fingerprint density at radius 2 is 1.61 bits per heavy atom. The Morgan fingerprint density at radius 3 is 2.29 bits per heavy atom. The highest BCUT2D eigenvalue weighted by atomic mass is 16.5. The number of rotatable bonds is 7. The van der Waals surface area contributed by atoms with Crippen molar-refractivity contribution < 1.29 is 19.0 Å². The van der Waals surface area contributed by atoms with Crippen LogP contribution in [0.4, 0.5) is 23.1 Å². The van der Waals surface area contributed by atoms with Gasteiger partial charge in [-0.25, -0.2) is 4.79 Å². The molecule has 144 valence electrons. The lowest BCUT2D eigenvalue weighted by atomic mass is 10.2. The van der Waals surface area contributed by atoms with Gasteiger partial charge in [-0.3, -0.25) is 0 Å². The number of hydrogen-bond acceptors (Lipinski definition) is 9. The summed E-state index contributed by atoms with van der Waals surface area (Å²) < 4.78 is 15.2. The first-order valence-electron chi connectivity index (χ1n) is 8.27. The van der Waals surface area contributed by atoms with Crippen LogP contribution in [0.5, 0.6) is 11.5 Å². The minimum Gasteiger partial charge on any atom is -0.493 e. The van der Waals surface area contributed by atoms with Crippen LogP contribution in [0.3, 0.4) is 0 Å². The summed E-state index contributed by atoms with van der Waals surface area (Å²) in [6.07, 6.45) is 1.50. The molecule has 0 saturated carbocycles. The fourth-order valence-electron chi connectivity index (χ4n) is 2.42. The van der Waals surface area contributed by atoms with Gasteiger partial charge in [0.15, 0.2) is 17.3 Å². The first kappa shape index (κ1) is 18.9.